The van der Waals surface area contributed by atoms with Gasteiger partial charge in [-0.15, -0.1) is 0 Å². The van der Waals surface area contributed by atoms with Crippen molar-refractivity contribution in [2.45, 2.75) is 19.8 Å². The first-order valence-electron chi connectivity index (χ1n) is 13.7. The fourth-order valence-electron chi connectivity index (χ4n) is 4.98. The van der Waals surface area contributed by atoms with Crippen molar-refractivity contribution in [3.63, 3.8) is 0 Å². The quantitative estimate of drug-likeness (QED) is 0.326. The molecule has 6 rings (SSSR count). The van der Waals surface area contributed by atoms with Gasteiger partial charge < -0.3 is 19.3 Å². The molecule has 4 heterocycles. The van der Waals surface area contributed by atoms with E-state index in [1.54, 1.807) is 11.0 Å². The van der Waals surface area contributed by atoms with Gasteiger partial charge in [-0.2, -0.15) is 0 Å². The van der Waals surface area contributed by atoms with Crippen LogP contribution in [0.15, 0.2) is 60.7 Å². The van der Waals surface area contributed by atoms with Gasteiger partial charge in [0.15, 0.2) is 0 Å². The Balaban J connectivity index is 0.000000162. The summed E-state index contributed by atoms with van der Waals surface area (Å²) in [5.41, 5.74) is 4.02. The first-order chi connectivity index (χ1) is 19.5. The van der Waals surface area contributed by atoms with E-state index in [9.17, 15) is 9.59 Å². The number of para-hydroxylation sites is 2. The van der Waals surface area contributed by atoms with Crippen LogP contribution in [0, 0.1) is 0 Å². The zero-order valence-corrected chi connectivity index (χ0v) is 23.4. The highest BCUT2D eigenvalue weighted by Gasteiger charge is 2.22. The number of morpholine rings is 2. The molecule has 4 aromatic rings. The van der Waals surface area contributed by atoms with Gasteiger partial charge in [0.05, 0.1) is 48.6 Å². The van der Waals surface area contributed by atoms with Crippen LogP contribution in [0.4, 0.5) is 0 Å². The summed E-state index contributed by atoms with van der Waals surface area (Å²) in [5, 5.41) is 2.12. The van der Waals surface area contributed by atoms with Gasteiger partial charge in [-0.3, -0.25) is 14.6 Å². The molecular formula is C31H33ClN4O4. The molecule has 0 aliphatic carbocycles. The number of aromatic nitrogens is 2. The number of pyridine rings is 2. The Morgan fingerprint density at radius 2 is 1.23 bits per heavy atom. The van der Waals surface area contributed by atoms with Crippen molar-refractivity contribution in [2.24, 2.45) is 0 Å². The Bertz CT molecular complexity index is 1500. The third-order valence-corrected chi connectivity index (χ3v) is 7.21. The van der Waals surface area contributed by atoms with Gasteiger partial charge >= 0.3 is 0 Å². The molecule has 0 radical (unpaired) electrons. The van der Waals surface area contributed by atoms with Gasteiger partial charge in [0.2, 0.25) is 0 Å². The number of hydrogen-bond acceptors (Lipinski definition) is 6. The lowest BCUT2D eigenvalue weighted by Gasteiger charge is -2.27. The molecule has 0 atom stereocenters. The van der Waals surface area contributed by atoms with Crippen LogP contribution in [0.2, 0.25) is 5.15 Å². The second kappa shape index (κ2) is 13.2. The topological polar surface area (TPSA) is 84.9 Å². The predicted molar refractivity (Wildman–Crippen MR) is 156 cm³/mol. The predicted octanol–water partition coefficient (Wildman–Crippen LogP) is 5.02. The van der Waals surface area contributed by atoms with Gasteiger partial charge in [-0.1, -0.05) is 61.3 Å². The third kappa shape index (κ3) is 6.41. The molecule has 2 amide bonds. The first-order valence-corrected chi connectivity index (χ1v) is 14.1. The van der Waals surface area contributed by atoms with Crippen LogP contribution >= 0.6 is 11.6 Å². The molecule has 208 valence electrons. The number of aryl methyl sites for hydroxylation is 1. The Morgan fingerprint density at radius 1 is 0.750 bits per heavy atom. The number of amides is 2. The van der Waals surface area contributed by atoms with Crippen LogP contribution < -0.4 is 0 Å². The minimum atomic E-state index is -0.0104. The van der Waals surface area contributed by atoms with E-state index in [0.717, 1.165) is 45.9 Å². The van der Waals surface area contributed by atoms with Gasteiger partial charge in [0.25, 0.3) is 11.8 Å². The Morgan fingerprint density at radius 3 is 1.75 bits per heavy atom. The summed E-state index contributed by atoms with van der Waals surface area (Å²) >= 11 is 6.00. The molecule has 2 fully saturated rings. The van der Waals surface area contributed by atoms with E-state index in [-0.39, 0.29) is 11.8 Å². The van der Waals surface area contributed by atoms with E-state index in [2.05, 4.69) is 16.9 Å². The van der Waals surface area contributed by atoms with E-state index < -0.39 is 0 Å². The lowest BCUT2D eigenvalue weighted by molar-refractivity contribution is 0.0302. The molecule has 2 saturated heterocycles. The maximum Gasteiger partial charge on any atom is 0.254 e. The summed E-state index contributed by atoms with van der Waals surface area (Å²) in [5.74, 6) is 0.0815. The molecule has 8 nitrogen and oxygen atoms in total. The second-order valence-electron chi connectivity index (χ2n) is 9.75. The number of benzene rings is 2. The van der Waals surface area contributed by atoms with Crippen molar-refractivity contribution in [3.8, 4) is 0 Å². The summed E-state index contributed by atoms with van der Waals surface area (Å²) in [7, 11) is 0. The molecule has 2 aliphatic rings. The summed E-state index contributed by atoms with van der Waals surface area (Å²) in [6.07, 6.45) is 1.92. The fraction of sp³-hybridized carbons (Fsp3) is 0.355. The fourth-order valence-corrected chi connectivity index (χ4v) is 5.19. The summed E-state index contributed by atoms with van der Waals surface area (Å²) in [6.45, 7) is 7.11. The number of halogens is 1. The maximum atomic E-state index is 12.8. The molecule has 2 aromatic heterocycles. The van der Waals surface area contributed by atoms with E-state index in [1.807, 2.05) is 59.5 Å². The van der Waals surface area contributed by atoms with Gasteiger partial charge in [-0.05, 0) is 30.7 Å². The van der Waals surface area contributed by atoms with Crippen molar-refractivity contribution < 1.29 is 19.1 Å². The minimum Gasteiger partial charge on any atom is -0.378 e. The monoisotopic (exact) mass is 560 g/mol. The van der Waals surface area contributed by atoms with Crippen molar-refractivity contribution in [1.29, 1.82) is 0 Å². The number of hydrogen-bond donors (Lipinski definition) is 0. The number of carbonyl (C=O) groups excluding carboxylic acids is 2. The number of fused-ring (bicyclic) bond motifs is 2. The zero-order valence-electron chi connectivity index (χ0n) is 22.6. The molecule has 0 unspecified atom stereocenters. The largest absolute Gasteiger partial charge is 0.378 e. The highest BCUT2D eigenvalue weighted by Crippen LogP contribution is 2.23. The molecule has 0 saturated carbocycles. The normalized spacial score (nSPS) is 15.6. The number of rotatable bonds is 4. The highest BCUT2D eigenvalue weighted by atomic mass is 35.5. The summed E-state index contributed by atoms with van der Waals surface area (Å²) < 4.78 is 10.6. The number of ether oxygens (including phenoxy) is 2. The molecule has 0 bridgehead atoms. The van der Waals surface area contributed by atoms with Gasteiger partial charge in [0.1, 0.15) is 5.15 Å². The average Bonchev–Trinajstić information content (AvgIpc) is 3.01. The Labute approximate surface area is 238 Å². The zero-order chi connectivity index (χ0) is 27.9. The molecule has 0 N–H and O–H groups in total. The molecule has 9 heteroatoms. The number of nitrogens with zero attached hydrogens (tertiary/aromatic N) is 4. The van der Waals surface area contributed by atoms with Crippen LogP contribution in [-0.4, -0.2) is 84.2 Å². The lowest BCUT2D eigenvalue weighted by atomic mass is 10.0. The van der Waals surface area contributed by atoms with Gasteiger partial charge in [-0.25, -0.2) is 4.98 Å². The summed E-state index contributed by atoms with van der Waals surface area (Å²) in [6, 6.07) is 19.0. The maximum absolute atomic E-state index is 12.8. The highest BCUT2D eigenvalue weighted by molar-refractivity contribution is 6.30. The SMILES string of the molecule is CCCc1cc(C(=O)N2CCOCC2)c2ccccc2n1.O=C(c1cc(Cl)nc2ccccc12)N1CCOCC1. The standard InChI is InChI=1S/C17H20N2O2.C14H13ClN2O2/c1-2-5-13-12-15(14-6-3-4-7-16(14)18-13)17(20)19-8-10-21-11-9-19;15-13-9-11(10-3-1-2-4-12(10)16-13)14(18)17-5-7-19-8-6-17/h3-4,6-7,12H,2,5,8-11H2,1H3;1-4,9H,5-8H2. The van der Waals surface area contributed by atoms with Crippen LogP contribution in [0.3, 0.4) is 0 Å². The molecular weight excluding hydrogens is 528 g/mol. The Hall–Kier alpha value is -3.59. The molecule has 40 heavy (non-hydrogen) atoms. The molecule has 2 aliphatic heterocycles. The van der Waals surface area contributed by atoms with Crippen molar-refractivity contribution in [1.82, 2.24) is 19.8 Å². The number of carbonyl (C=O) groups is 2. The van der Waals surface area contributed by atoms with E-state index >= 15 is 0 Å². The summed E-state index contributed by atoms with van der Waals surface area (Å²) in [4.78, 5) is 37.9. The third-order valence-electron chi connectivity index (χ3n) is 7.02. The van der Waals surface area contributed by atoms with Crippen LogP contribution in [-0.2, 0) is 15.9 Å². The van der Waals surface area contributed by atoms with Gasteiger partial charge in [0, 0.05) is 42.6 Å². The van der Waals surface area contributed by atoms with Crippen molar-refractivity contribution in [2.75, 3.05) is 52.6 Å². The lowest BCUT2D eigenvalue weighted by Crippen LogP contribution is -2.40. The average molecular weight is 561 g/mol. The van der Waals surface area contributed by atoms with Crippen LogP contribution in [0.25, 0.3) is 21.8 Å². The van der Waals surface area contributed by atoms with Crippen molar-refractivity contribution >= 4 is 45.2 Å². The second-order valence-corrected chi connectivity index (χ2v) is 10.1. The van der Waals surface area contributed by atoms with E-state index in [4.69, 9.17) is 21.1 Å². The van der Waals surface area contributed by atoms with E-state index in [1.165, 1.54) is 0 Å². The molecule has 0 spiro atoms. The van der Waals surface area contributed by atoms with E-state index in [0.29, 0.717) is 63.3 Å². The minimum absolute atomic E-state index is 0.0104. The van der Waals surface area contributed by atoms with Crippen molar-refractivity contribution in [3.05, 3.63) is 82.6 Å². The van der Waals surface area contributed by atoms with Crippen LogP contribution in [0.1, 0.15) is 39.8 Å². The molecule has 2 aromatic carbocycles. The first kappa shape index (κ1) is 28.0. The smallest absolute Gasteiger partial charge is 0.254 e. The van der Waals surface area contributed by atoms with Crippen LogP contribution in [0.5, 0.6) is 0 Å². The Kier molecular flexibility index (Phi) is 9.21.